The molecule has 0 atom stereocenters. The number of alkyl halides is 3. The minimum absolute atomic E-state index is 0.0187. The number of rotatable bonds is 5. The zero-order chi connectivity index (χ0) is 25.4. The SMILES string of the molecule is CCOC(=O)CN1C(=O)CSC1=Nc1cc(-n2c(=O)cc(C(F)(F)F)n(C)c2=O)c(F)cc1Cl. The van der Waals surface area contributed by atoms with Crippen molar-refractivity contribution in [2.75, 3.05) is 18.9 Å². The molecule has 15 heteroatoms. The topological polar surface area (TPSA) is 103 Å². The second-order valence-corrected chi connectivity index (χ2v) is 8.12. The largest absolute Gasteiger partial charge is 0.465 e. The summed E-state index contributed by atoms with van der Waals surface area (Å²) in [5.74, 6) is -2.38. The van der Waals surface area contributed by atoms with Crippen molar-refractivity contribution in [3.05, 3.63) is 55.6 Å². The van der Waals surface area contributed by atoms with Crippen LogP contribution >= 0.6 is 23.4 Å². The lowest BCUT2D eigenvalue weighted by molar-refractivity contribution is -0.146. The van der Waals surface area contributed by atoms with Gasteiger partial charge in [-0.15, -0.1) is 0 Å². The van der Waals surface area contributed by atoms with Gasteiger partial charge >= 0.3 is 17.8 Å². The Balaban J connectivity index is 2.12. The molecule has 2 heterocycles. The maximum atomic E-state index is 14.7. The summed E-state index contributed by atoms with van der Waals surface area (Å²) in [6, 6.07) is 1.76. The first-order chi connectivity index (χ1) is 15.8. The summed E-state index contributed by atoms with van der Waals surface area (Å²) < 4.78 is 59.1. The number of benzene rings is 1. The van der Waals surface area contributed by atoms with E-state index in [1.807, 2.05) is 0 Å². The lowest BCUT2D eigenvalue weighted by Crippen LogP contribution is -2.41. The third kappa shape index (κ3) is 5.01. The normalized spacial score (nSPS) is 15.3. The number of aliphatic imine (C=N–C) groups is 1. The maximum Gasteiger partial charge on any atom is 0.431 e. The molecule has 9 nitrogen and oxygen atoms in total. The van der Waals surface area contributed by atoms with E-state index >= 15 is 0 Å². The van der Waals surface area contributed by atoms with Gasteiger partial charge in [0.25, 0.3) is 5.56 Å². The fraction of sp³-hybridized carbons (Fsp3) is 0.316. The summed E-state index contributed by atoms with van der Waals surface area (Å²) in [6.45, 7) is 1.23. The molecule has 0 bridgehead atoms. The number of thioether (sulfide) groups is 1. The molecule has 0 aliphatic carbocycles. The molecule has 1 saturated heterocycles. The van der Waals surface area contributed by atoms with Gasteiger partial charge in [-0.05, 0) is 19.1 Å². The molecule has 1 aromatic heterocycles. The van der Waals surface area contributed by atoms with E-state index in [2.05, 4.69) is 4.99 Å². The zero-order valence-corrected chi connectivity index (χ0v) is 19.1. The summed E-state index contributed by atoms with van der Waals surface area (Å²) in [6.07, 6.45) is -4.99. The molecule has 1 amide bonds. The summed E-state index contributed by atoms with van der Waals surface area (Å²) in [7, 11) is 0.782. The number of esters is 1. The summed E-state index contributed by atoms with van der Waals surface area (Å²) >= 11 is 6.98. The van der Waals surface area contributed by atoms with Gasteiger partial charge in [-0.3, -0.25) is 23.9 Å². The van der Waals surface area contributed by atoms with Crippen molar-refractivity contribution in [3.63, 3.8) is 0 Å². The van der Waals surface area contributed by atoms with Gasteiger partial charge in [0.1, 0.15) is 18.1 Å². The molecule has 1 aromatic carbocycles. The number of amides is 1. The molecule has 2 aromatic rings. The van der Waals surface area contributed by atoms with Crippen molar-refractivity contribution >= 4 is 46.1 Å². The van der Waals surface area contributed by atoms with Crippen LogP contribution in [0.3, 0.4) is 0 Å². The number of hydrogen-bond donors (Lipinski definition) is 0. The van der Waals surface area contributed by atoms with Crippen LogP contribution in [-0.2, 0) is 27.5 Å². The number of halogens is 5. The minimum atomic E-state index is -4.99. The fourth-order valence-electron chi connectivity index (χ4n) is 2.98. The first kappa shape index (κ1) is 25.5. The third-order valence-corrected chi connectivity index (χ3v) is 5.80. The Hall–Kier alpha value is -3.13. The van der Waals surface area contributed by atoms with Crippen LogP contribution in [0.1, 0.15) is 12.6 Å². The van der Waals surface area contributed by atoms with E-state index in [4.69, 9.17) is 16.3 Å². The molecule has 0 N–H and O–H groups in total. The predicted molar refractivity (Wildman–Crippen MR) is 115 cm³/mol. The van der Waals surface area contributed by atoms with Crippen molar-refractivity contribution < 1.29 is 31.9 Å². The van der Waals surface area contributed by atoms with E-state index in [1.165, 1.54) is 0 Å². The highest BCUT2D eigenvalue weighted by Crippen LogP contribution is 2.32. The molecule has 0 radical (unpaired) electrons. The van der Waals surface area contributed by atoms with Gasteiger partial charge < -0.3 is 4.74 Å². The molecule has 1 fully saturated rings. The van der Waals surface area contributed by atoms with E-state index in [-0.39, 0.29) is 43.4 Å². The standard InChI is InChI=1S/C19H15ClF4N4O5S/c1-3-33-16(31)7-27-15(30)8-34-17(27)25-11-5-12(10(21)4-9(11)20)28-14(29)6-13(19(22,23)24)26(2)18(28)32/h4-6H,3,7-8H2,1-2H3. The van der Waals surface area contributed by atoms with Gasteiger partial charge in [-0.2, -0.15) is 13.2 Å². The lowest BCUT2D eigenvalue weighted by atomic mass is 10.2. The van der Waals surface area contributed by atoms with E-state index < -0.39 is 53.0 Å². The van der Waals surface area contributed by atoms with Crippen LogP contribution < -0.4 is 11.2 Å². The molecule has 1 aliphatic heterocycles. The van der Waals surface area contributed by atoms with Gasteiger partial charge in [-0.25, -0.2) is 18.7 Å². The molecular formula is C19H15ClF4N4O5S. The highest BCUT2D eigenvalue weighted by Gasteiger charge is 2.35. The Labute approximate surface area is 197 Å². The third-order valence-electron chi connectivity index (χ3n) is 4.53. The molecule has 34 heavy (non-hydrogen) atoms. The Bertz CT molecular complexity index is 1320. The van der Waals surface area contributed by atoms with E-state index in [0.29, 0.717) is 0 Å². The van der Waals surface area contributed by atoms with Crippen LogP contribution in [0.5, 0.6) is 0 Å². The Morgan fingerprint density at radius 3 is 2.53 bits per heavy atom. The van der Waals surface area contributed by atoms with Crippen molar-refractivity contribution in [3.8, 4) is 5.69 Å². The summed E-state index contributed by atoms with van der Waals surface area (Å²) in [4.78, 5) is 53.9. The molecule has 0 saturated carbocycles. The predicted octanol–water partition coefficient (Wildman–Crippen LogP) is 2.47. The minimum Gasteiger partial charge on any atom is -0.465 e. The quantitative estimate of drug-likeness (QED) is 0.441. The van der Waals surface area contributed by atoms with E-state index in [9.17, 15) is 36.7 Å². The molecule has 3 rings (SSSR count). The molecule has 1 aliphatic rings. The lowest BCUT2D eigenvalue weighted by Gasteiger charge is -2.16. The van der Waals surface area contributed by atoms with Crippen LogP contribution in [0, 0.1) is 5.82 Å². The number of aromatic nitrogens is 2. The Morgan fingerprint density at radius 1 is 1.24 bits per heavy atom. The number of carbonyl (C=O) groups excluding carboxylic acids is 2. The smallest absolute Gasteiger partial charge is 0.431 e. The second kappa shape index (κ2) is 9.62. The highest BCUT2D eigenvalue weighted by atomic mass is 35.5. The van der Waals surface area contributed by atoms with Gasteiger partial charge in [0.05, 0.1) is 28.8 Å². The fourth-order valence-corrected chi connectivity index (χ4v) is 4.07. The van der Waals surface area contributed by atoms with E-state index in [1.54, 1.807) is 6.92 Å². The molecule has 182 valence electrons. The van der Waals surface area contributed by atoms with Gasteiger partial charge in [0, 0.05) is 13.1 Å². The second-order valence-electron chi connectivity index (χ2n) is 6.77. The molecule has 0 unspecified atom stereocenters. The van der Waals surface area contributed by atoms with Crippen LogP contribution in [0.25, 0.3) is 5.69 Å². The first-order valence-electron chi connectivity index (χ1n) is 9.42. The van der Waals surface area contributed by atoms with Crippen LogP contribution in [0.15, 0.2) is 32.8 Å². The number of carbonyl (C=O) groups is 2. The first-order valence-corrected chi connectivity index (χ1v) is 10.8. The van der Waals surface area contributed by atoms with Gasteiger partial charge in [0.15, 0.2) is 5.17 Å². The molecule has 0 spiro atoms. The molecular weight excluding hydrogens is 508 g/mol. The van der Waals surface area contributed by atoms with Gasteiger partial charge in [0.2, 0.25) is 5.91 Å². The van der Waals surface area contributed by atoms with Crippen molar-refractivity contribution in [2.45, 2.75) is 13.1 Å². The average Bonchev–Trinajstić information content (AvgIpc) is 3.06. The van der Waals surface area contributed by atoms with Gasteiger partial charge in [-0.1, -0.05) is 23.4 Å². The zero-order valence-electron chi connectivity index (χ0n) is 17.5. The maximum absolute atomic E-state index is 14.7. The van der Waals surface area contributed by atoms with Crippen molar-refractivity contribution in [2.24, 2.45) is 12.0 Å². The number of hydrogen-bond acceptors (Lipinski definition) is 7. The number of nitrogens with zero attached hydrogens (tertiary/aromatic N) is 4. The Morgan fingerprint density at radius 2 is 1.91 bits per heavy atom. The number of amidine groups is 1. The van der Waals surface area contributed by atoms with Crippen LogP contribution in [0.2, 0.25) is 5.02 Å². The van der Waals surface area contributed by atoms with Crippen LogP contribution in [-0.4, -0.2) is 50.0 Å². The average molecular weight is 523 g/mol. The highest BCUT2D eigenvalue weighted by molar-refractivity contribution is 8.15. The van der Waals surface area contributed by atoms with Crippen molar-refractivity contribution in [1.29, 1.82) is 0 Å². The summed E-state index contributed by atoms with van der Waals surface area (Å²) in [5, 5.41) is -0.258. The summed E-state index contributed by atoms with van der Waals surface area (Å²) in [5.41, 5.74) is -5.28. The van der Waals surface area contributed by atoms with E-state index in [0.717, 1.165) is 35.8 Å². The monoisotopic (exact) mass is 522 g/mol. The Kier molecular flexibility index (Phi) is 7.21. The van der Waals surface area contributed by atoms with Crippen molar-refractivity contribution in [1.82, 2.24) is 14.0 Å². The van der Waals surface area contributed by atoms with Crippen LogP contribution in [0.4, 0.5) is 23.2 Å². The number of ether oxygens (including phenoxy) is 1.